The van der Waals surface area contributed by atoms with E-state index < -0.39 is 24.0 Å². The molecule has 0 spiro atoms. The first kappa shape index (κ1) is 12.1. The van der Waals surface area contributed by atoms with Crippen molar-refractivity contribution >= 4 is 6.16 Å². The summed E-state index contributed by atoms with van der Waals surface area (Å²) in [6.45, 7) is 0.817. The van der Waals surface area contributed by atoms with Crippen LogP contribution in [0.3, 0.4) is 0 Å². The normalized spacial score (nSPS) is 29.2. The molecule has 19 heavy (non-hydrogen) atoms. The van der Waals surface area contributed by atoms with E-state index >= 15 is 0 Å². The fourth-order valence-corrected chi connectivity index (χ4v) is 2.26. The smallest absolute Gasteiger partial charge is 0.492 e. The van der Waals surface area contributed by atoms with Crippen LogP contribution in [0.4, 0.5) is 4.79 Å². The van der Waals surface area contributed by atoms with Crippen LogP contribution in [0.25, 0.3) is 0 Å². The third kappa shape index (κ3) is 2.20. The topological polar surface area (TPSA) is 99.4 Å². The average molecular weight is 271 g/mol. The van der Waals surface area contributed by atoms with Crippen molar-refractivity contribution in [3.63, 3.8) is 0 Å². The van der Waals surface area contributed by atoms with Crippen molar-refractivity contribution in [1.29, 1.82) is 0 Å². The molecule has 0 aromatic carbocycles. The van der Waals surface area contributed by atoms with Gasteiger partial charge in [-0.25, -0.2) is 4.79 Å². The first-order valence-electron chi connectivity index (χ1n) is 5.87. The van der Waals surface area contributed by atoms with Crippen molar-refractivity contribution in [3.05, 3.63) is 12.1 Å². The quantitative estimate of drug-likeness (QED) is 0.742. The van der Waals surface area contributed by atoms with Gasteiger partial charge in [-0.1, -0.05) is 0 Å². The van der Waals surface area contributed by atoms with Crippen LogP contribution in [0.15, 0.2) is 12.1 Å². The summed E-state index contributed by atoms with van der Waals surface area (Å²) in [7, 11) is 0. The summed E-state index contributed by atoms with van der Waals surface area (Å²) < 4.78 is 16.3. The molecule has 3 atom stereocenters. The van der Waals surface area contributed by atoms with Gasteiger partial charge in [0.2, 0.25) is 11.8 Å². The van der Waals surface area contributed by atoms with Crippen LogP contribution in [0.2, 0.25) is 0 Å². The van der Waals surface area contributed by atoms with Crippen molar-refractivity contribution in [1.82, 2.24) is 4.73 Å². The summed E-state index contributed by atoms with van der Waals surface area (Å²) in [5, 5.41) is 18.6. The minimum Gasteiger partial charge on any atom is -0.492 e. The van der Waals surface area contributed by atoms with Gasteiger partial charge in [0.05, 0.1) is 19.1 Å². The Morgan fingerprint density at radius 3 is 2.79 bits per heavy atom. The van der Waals surface area contributed by atoms with Crippen LogP contribution in [-0.2, 0) is 14.2 Å². The monoisotopic (exact) mass is 271 g/mol. The number of carbonyl (C=O) groups is 1. The molecular formula is C11H13NO7. The Kier molecular flexibility index (Phi) is 2.96. The lowest BCUT2D eigenvalue weighted by molar-refractivity contribution is -0.0908. The van der Waals surface area contributed by atoms with Gasteiger partial charge in [0.1, 0.15) is 6.10 Å². The molecule has 2 aliphatic heterocycles. The molecule has 2 fully saturated rings. The maximum absolute atomic E-state index is 11.6. The van der Waals surface area contributed by atoms with Crippen LogP contribution >= 0.6 is 0 Å². The maximum Gasteiger partial charge on any atom is 0.534 e. The molecule has 0 radical (unpaired) electrons. The van der Waals surface area contributed by atoms with Crippen LogP contribution in [0.1, 0.15) is 6.42 Å². The number of fused-ring (bicyclic) bond motifs is 1. The highest BCUT2D eigenvalue weighted by molar-refractivity contribution is 5.61. The minimum atomic E-state index is -1.03. The number of hydrogen-bond acceptors (Lipinski definition) is 7. The number of nitrogens with zero attached hydrogens (tertiary/aromatic N) is 1. The molecule has 3 heterocycles. The van der Waals surface area contributed by atoms with Crippen molar-refractivity contribution in [2.75, 3.05) is 13.2 Å². The van der Waals surface area contributed by atoms with E-state index in [-0.39, 0.29) is 18.8 Å². The highest BCUT2D eigenvalue weighted by atomic mass is 16.8. The number of carbonyl (C=O) groups excluding carboxylic acids is 1. The summed E-state index contributed by atoms with van der Waals surface area (Å²) in [5.41, 5.74) is 0. The molecule has 0 saturated carbocycles. The van der Waals surface area contributed by atoms with Gasteiger partial charge >= 0.3 is 6.16 Å². The van der Waals surface area contributed by atoms with Crippen LogP contribution in [0, 0.1) is 5.92 Å². The maximum atomic E-state index is 11.6. The van der Waals surface area contributed by atoms with E-state index in [0.29, 0.717) is 11.3 Å². The number of rotatable bonds is 2. The summed E-state index contributed by atoms with van der Waals surface area (Å²) in [6.07, 6.45) is -1.04. The van der Waals surface area contributed by atoms with Gasteiger partial charge in [0.25, 0.3) is 0 Å². The minimum absolute atomic E-state index is 0.000550. The van der Waals surface area contributed by atoms with Crippen molar-refractivity contribution in [2.24, 2.45) is 5.92 Å². The molecule has 104 valence electrons. The number of hydrogen-bond donors (Lipinski definition) is 2. The Hall–Kier alpha value is -1.93. The molecule has 8 nitrogen and oxygen atoms in total. The van der Waals surface area contributed by atoms with Gasteiger partial charge in [0, 0.05) is 12.1 Å². The van der Waals surface area contributed by atoms with E-state index in [1.54, 1.807) is 0 Å². The molecule has 0 aliphatic carbocycles. The molecule has 1 aromatic heterocycles. The lowest BCUT2D eigenvalue weighted by atomic mass is 10.0. The molecule has 1 aromatic rings. The molecule has 0 bridgehead atoms. The van der Waals surface area contributed by atoms with Gasteiger partial charge in [-0.3, -0.25) is 4.84 Å². The van der Waals surface area contributed by atoms with Crippen molar-refractivity contribution < 1.29 is 34.1 Å². The zero-order valence-electron chi connectivity index (χ0n) is 9.89. The van der Waals surface area contributed by atoms with Crippen LogP contribution < -0.4 is 4.84 Å². The van der Waals surface area contributed by atoms with E-state index in [1.165, 1.54) is 12.1 Å². The molecule has 3 rings (SSSR count). The van der Waals surface area contributed by atoms with Crippen molar-refractivity contribution in [2.45, 2.75) is 18.8 Å². The molecule has 8 heteroatoms. The standard InChI is InChI=1S/C11H13NO7/c13-8-1-2-9(14)12(8)19-11(15)18-7-5-17-10-6(7)3-4-16-10/h1-2,6-7,10,13-14H,3-5H2/t6?,7?,10-/m1/s1. The first-order chi connectivity index (χ1) is 9.15. The molecule has 2 unspecified atom stereocenters. The predicted molar refractivity (Wildman–Crippen MR) is 58.4 cm³/mol. The summed E-state index contributed by atoms with van der Waals surface area (Å²) in [5.74, 6) is -0.808. The fourth-order valence-electron chi connectivity index (χ4n) is 2.26. The van der Waals surface area contributed by atoms with Gasteiger partial charge in [-0.05, 0) is 6.42 Å². The second-order valence-electron chi connectivity index (χ2n) is 4.37. The Balaban J connectivity index is 1.60. The Labute approximate surface area is 108 Å². The number of aromatic nitrogens is 1. The van der Waals surface area contributed by atoms with Crippen LogP contribution in [0.5, 0.6) is 11.8 Å². The molecule has 2 aliphatic rings. The Morgan fingerprint density at radius 2 is 2.05 bits per heavy atom. The van der Waals surface area contributed by atoms with Gasteiger partial charge < -0.3 is 24.4 Å². The lowest BCUT2D eigenvalue weighted by Crippen LogP contribution is -2.30. The zero-order valence-corrected chi connectivity index (χ0v) is 9.89. The van der Waals surface area contributed by atoms with E-state index in [0.717, 1.165) is 6.42 Å². The SMILES string of the molecule is O=C(OC1CO[C@H]2OCCC12)On1c(O)ccc1O. The number of aromatic hydroxyl groups is 2. The average Bonchev–Trinajstić information content (AvgIpc) is 3.03. The number of ether oxygens (including phenoxy) is 3. The summed E-state index contributed by atoms with van der Waals surface area (Å²) >= 11 is 0. The van der Waals surface area contributed by atoms with E-state index in [2.05, 4.69) is 4.84 Å². The molecule has 2 N–H and O–H groups in total. The van der Waals surface area contributed by atoms with Gasteiger partial charge in [-0.15, -0.1) is 4.73 Å². The summed E-state index contributed by atoms with van der Waals surface area (Å²) in [4.78, 5) is 16.3. The Bertz CT molecular complexity index is 466. The lowest BCUT2D eigenvalue weighted by Gasteiger charge is -2.15. The predicted octanol–water partition coefficient (Wildman–Crippen LogP) is 0.226. The zero-order chi connectivity index (χ0) is 13.4. The summed E-state index contributed by atoms with van der Waals surface area (Å²) in [6, 6.07) is 2.37. The molecule has 0 amide bonds. The third-order valence-corrected chi connectivity index (χ3v) is 3.20. The van der Waals surface area contributed by atoms with E-state index in [1.807, 2.05) is 0 Å². The van der Waals surface area contributed by atoms with E-state index in [4.69, 9.17) is 14.2 Å². The third-order valence-electron chi connectivity index (χ3n) is 3.20. The van der Waals surface area contributed by atoms with E-state index in [9.17, 15) is 15.0 Å². The van der Waals surface area contributed by atoms with Gasteiger partial charge in [0.15, 0.2) is 6.29 Å². The van der Waals surface area contributed by atoms with Crippen molar-refractivity contribution in [3.8, 4) is 11.8 Å². The highest BCUT2D eigenvalue weighted by Gasteiger charge is 2.44. The molecule has 2 saturated heterocycles. The highest BCUT2D eigenvalue weighted by Crippen LogP contribution is 2.33. The fraction of sp³-hybridized carbons (Fsp3) is 0.545. The second-order valence-corrected chi connectivity index (χ2v) is 4.37. The van der Waals surface area contributed by atoms with Crippen LogP contribution in [-0.4, -0.2) is 46.7 Å². The first-order valence-corrected chi connectivity index (χ1v) is 5.87. The second kappa shape index (κ2) is 4.63. The Morgan fingerprint density at radius 1 is 1.32 bits per heavy atom. The molecular weight excluding hydrogens is 258 g/mol. The van der Waals surface area contributed by atoms with Gasteiger partial charge in [-0.2, -0.15) is 0 Å². The largest absolute Gasteiger partial charge is 0.534 e.